The van der Waals surface area contributed by atoms with Crippen LogP contribution in [0.25, 0.3) is 10.2 Å². The van der Waals surface area contributed by atoms with Crippen molar-refractivity contribution in [1.82, 2.24) is 9.88 Å². The number of likely N-dealkylation sites (tertiary alicyclic amines) is 1. The van der Waals surface area contributed by atoms with Crippen LogP contribution in [-0.4, -0.2) is 41.4 Å². The highest BCUT2D eigenvalue weighted by Crippen LogP contribution is 2.30. The second-order valence-electron chi connectivity index (χ2n) is 6.50. The van der Waals surface area contributed by atoms with Crippen LogP contribution >= 0.6 is 11.3 Å². The molecule has 0 saturated carbocycles. The van der Waals surface area contributed by atoms with Gasteiger partial charge in [0.15, 0.2) is 5.13 Å². The minimum absolute atomic E-state index is 0.0527. The first-order valence-electron chi connectivity index (χ1n) is 9.22. The Labute approximate surface area is 157 Å². The number of ether oxygens (including phenoxy) is 1. The number of rotatable bonds is 6. The molecule has 2 heterocycles. The fraction of sp³-hybridized carbons (Fsp3) is 0.526. The summed E-state index contributed by atoms with van der Waals surface area (Å²) in [5, 5.41) is 3.53. The Balaban J connectivity index is 1.65. The maximum atomic E-state index is 12.6. The molecule has 1 fully saturated rings. The summed E-state index contributed by atoms with van der Waals surface area (Å²) in [7, 11) is 0. The van der Waals surface area contributed by atoms with E-state index in [2.05, 4.69) is 10.3 Å². The molecule has 3 rings (SSSR count). The van der Waals surface area contributed by atoms with Crippen LogP contribution in [0.3, 0.4) is 0 Å². The number of carbonyl (C=O) groups is 2. The molecule has 1 aliphatic rings. The molecule has 1 saturated heterocycles. The summed E-state index contributed by atoms with van der Waals surface area (Å²) in [6.45, 7) is 5.81. The van der Waals surface area contributed by atoms with Gasteiger partial charge in [0.25, 0.3) is 0 Å². The zero-order valence-corrected chi connectivity index (χ0v) is 16.1. The third-order valence-corrected chi connectivity index (χ3v) is 5.44. The van der Waals surface area contributed by atoms with Crippen molar-refractivity contribution < 1.29 is 14.3 Å². The maximum Gasteiger partial charge on any atom is 0.231 e. The van der Waals surface area contributed by atoms with E-state index in [0.717, 1.165) is 41.8 Å². The molecule has 0 radical (unpaired) electrons. The van der Waals surface area contributed by atoms with Crippen molar-refractivity contribution in [1.29, 1.82) is 0 Å². The average Bonchev–Trinajstić information content (AvgIpc) is 3.04. The van der Waals surface area contributed by atoms with Crippen molar-refractivity contribution in [2.75, 3.05) is 25.0 Å². The molecule has 0 bridgehead atoms. The number of thiazole rings is 1. The lowest BCUT2D eigenvalue weighted by Gasteiger charge is -2.31. The van der Waals surface area contributed by atoms with Gasteiger partial charge in [0.1, 0.15) is 5.75 Å². The quantitative estimate of drug-likeness (QED) is 0.836. The lowest BCUT2D eigenvalue weighted by molar-refractivity contribution is -0.134. The van der Waals surface area contributed by atoms with E-state index < -0.39 is 0 Å². The normalized spacial score (nSPS) is 17.3. The summed E-state index contributed by atoms with van der Waals surface area (Å²) in [5.74, 6) is 0.728. The van der Waals surface area contributed by atoms with Gasteiger partial charge < -0.3 is 15.0 Å². The van der Waals surface area contributed by atoms with E-state index in [1.54, 1.807) is 0 Å². The third-order valence-electron chi connectivity index (χ3n) is 4.51. The molecule has 6 nitrogen and oxygen atoms in total. The minimum Gasteiger partial charge on any atom is -0.494 e. The number of carbonyl (C=O) groups excluding carboxylic acids is 2. The maximum absolute atomic E-state index is 12.6. The molecule has 7 heteroatoms. The highest BCUT2D eigenvalue weighted by Gasteiger charge is 2.28. The fourth-order valence-electron chi connectivity index (χ4n) is 3.21. The summed E-state index contributed by atoms with van der Waals surface area (Å²) in [6.07, 6.45) is 3.06. The van der Waals surface area contributed by atoms with Crippen LogP contribution in [0.2, 0.25) is 0 Å². The molecule has 26 heavy (non-hydrogen) atoms. The van der Waals surface area contributed by atoms with Gasteiger partial charge in [-0.15, -0.1) is 0 Å². The van der Waals surface area contributed by atoms with Gasteiger partial charge in [-0.1, -0.05) is 18.3 Å². The summed E-state index contributed by atoms with van der Waals surface area (Å²) in [6, 6.07) is 5.73. The van der Waals surface area contributed by atoms with Crippen LogP contribution in [0.15, 0.2) is 18.2 Å². The Hall–Kier alpha value is -2.15. The summed E-state index contributed by atoms with van der Waals surface area (Å²) >= 11 is 1.44. The monoisotopic (exact) mass is 375 g/mol. The van der Waals surface area contributed by atoms with E-state index in [-0.39, 0.29) is 17.7 Å². The second kappa shape index (κ2) is 8.49. The number of benzene rings is 1. The summed E-state index contributed by atoms with van der Waals surface area (Å²) < 4.78 is 6.49. The van der Waals surface area contributed by atoms with Crippen LogP contribution in [0, 0.1) is 5.92 Å². The molecule has 1 aliphatic heterocycles. The number of nitrogens with one attached hydrogen (secondary N) is 1. The van der Waals surface area contributed by atoms with Crippen LogP contribution in [0.1, 0.15) is 39.5 Å². The van der Waals surface area contributed by atoms with Gasteiger partial charge in [-0.05, 0) is 44.4 Å². The Kier molecular flexibility index (Phi) is 6.08. The Bertz CT molecular complexity index is 789. The molecule has 0 aliphatic carbocycles. The molecule has 1 aromatic heterocycles. The SMILES string of the molecule is CCCC(=O)N1CCCC(C(=O)Nc2nc3ccc(OCC)cc3s2)C1. The van der Waals surface area contributed by atoms with Gasteiger partial charge in [0.05, 0.1) is 22.7 Å². The lowest BCUT2D eigenvalue weighted by atomic mass is 9.97. The highest BCUT2D eigenvalue weighted by atomic mass is 32.1. The molecule has 140 valence electrons. The Morgan fingerprint density at radius 2 is 2.23 bits per heavy atom. The molecule has 1 N–H and O–H groups in total. The topological polar surface area (TPSA) is 71.5 Å². The first-order valence-corrected chi connectivity index (χ1v) is 10.0. The van der Waals surface area contributed by atoms with Gasteiger partial charge in [0, 0.05) is 19.5 Å². The molecule has 1 atom stereocenters. The second-order valence-corrected chi connectivity index (χ2v) is 7.53. The van der Waals surface area contributed by atoms with Crippen molar-refractivity contribution in [3.8, 4) is 5.75 Å². The molecule has 2 amide bonds. The van der Waals surface area contributed by atoms with Crippen LogP contribution < -0.4 is 10.1 Å². The average molecular weight is 375 g/mol. The van der Waals surface area contributed by atoms with E-state index in [4.69, 9.17) is 4.74 Å². The summed E-state index contributed by atoms with van der Waals surface area (Å²) in [5.41, 5.74) is 0.845. The largest absolute Gasteiger partial charge is 0.494 e. The minimum atomic E-state index is -0.171. The first kappa shape index (κ1) is 18.6. The molecule has 2 aromatic rings. The van der Waals surface area contributed by atoms with Gasteiger partial charge in [0.2, 0.25) is 11.8 Å². The number of fused-ring (bicyclic) bond motifs is 1. The number of hydrogen-bond acceptors (Lipinski definition) is 5. The number of hydrogen-bond donors (Lipinski definition) is 1. The number of anilines is 1. The van der Waals surface area contributed by atoms with E-state index >= 15 is 0 Å². The van der Waals surface area contributed by atoms with Gasteiger partial charge >= 0.3 is 0 Å². The predicted octanol–water partition coefficient (Wildman–Crippen LogP) is 3.67. The van der Waals surface area contributed by atoms with E-state index in [1.807, 2.05) is 36.9 Å². The number of amides is 2. The smallest absolute Gasteiger partial charge is 0.231 e. The fourth-order valence-corrected chi connectivity index (χ4v) is 4.11. The first-order chi connectivity index (χ1) is 12.6. The van der Waals surface area contributed by atoms with E-state index in [1.165, 1.54) is 11.3 Å². The highest BCUT2D eigenvalue weighted by molar-refractivity contribution is 7.22. The zero-order chi connectivity index (χ0) is 18.5. The number of piperidine rings is 1. The Morgan fingerprint density at radius 3 is 3.00 bits per heavy atom. The van der Waals surface area contributed by atoms with Crippen LogP contribution in [0.5, 0.6) is 5.75 Å². The van der Waals surface area contributed by atoms with E-state index in [0.29, 0.717) is 24.7 Å². The summed E-state index contributed by atoms with van der Waals surface area (Å²) in [4.78, 5) is 31.0. The standard InChI is InChI=1S/C19H25N3O3S/c1-3-6-17(23)22-10-5-7-13(12-22)18(24)21-19-20-15-9-8-14(25-4-2)11-16(15)26-19/h8-9,11,13H,3-7,10,12H2,1-2H3,(H,20,21,24). The van der Waals surface area contributed by atoms with Crippen molar-refractivity contribution in [3.63, 3.8) is 0 Å². The van der Waals surface area contributed by atoms with E-state index in [9.17, 15) is 9.59 Å². The van der Waals surface area contributed by atoms with Crippen molar-refractivity contribution in [2.45, 2.75) is 39.5 Å². The third kappa shape index (κ3) is 4.33. The zero-order valence-electron chi connectivity index (χ0n) is 15.3. The molecular weight excluding hydrogens is 350 g/mol. The van der Waals surface area contributed by atoms with Gasteiger partial charge in [-0.2, -0.15) is 0 Å². The van der Waals surface area contributed by atoms with Gasteiger partial charge in [-0.25, -0.2) is 4.98 Å². The molecule has 1 unspecified atom stereocenters. The molecule has 1 aromatic carbocycles. The number of aromatic nitrogens is 1. The lowest BCUT2D eigenvalue weighted by Crippen LogP contribution is -2.43. The number of nitrogens with zero attached hydrogens (tertiary/aromatic N) is 2. The van der Waals surface area contributed by atoms with Crippen molar-refractivity contribution in [3.05, 3.63) is 18.2 Å². The van der Waals surface area contributed by atoms with Crippen molar-refractivity contribution in [2.24, 2.45) is 5.92 Å². The van der Waals surface area contributed by atoms with Crippen LogP contribution in [-0.2, 0) is 9.59 Å². The predicted molar refractivity (Wildman–Crippen MR) is 104 cm³/mol. The van der Waals surface area contributed by atoms with Crippen LogP contribution in [0.4, 0.5) is 5.13 Å². The molecule has 0 spiro atoms. The van der Waals surface area contributed by atoms with Crippen molar-refractivity contribution >= 4 is 38.5 Å². The van der Waals surface area contributed by atoms with Gasteiger partial charge in [-0.3, -0.25) is 9.59 Å². The molecular formula is C19H25N3O3S. The Morgan fingerprint density at radius 1 is 1.38 bits per heavy atom.